The van der Waals surface area contributed by atoms with Crippen LogP contribution in [0.1, 0.15) is 0 Å². The predicted molar refractivity (Wildman–Crippen MR) is 180 cm³/mol. The average Bonchev–Trinajstić information content (AvgIpc) is 3.69. The van der Waals surface area contributed by atoms with Gasteiger partial charge in [0.1, 0.15) is 11.2 Å². The van der Waals surface area contributed by atoms with Crippen molar-refractivity contribution in [2.24, 2.45) is 0 Å². The van der Waals surface area contributed by atoms with Gasteiger partial charge >= 0.3 is 0 Å². The average molecular weight is 549 g/mol. The first-order valence-electron chi connectivity index (χ1n) is 14.7. The maximum Gasteiger partial charge on any atom is 0.137 e. The SMILES string of the molecule is c1ccc(-n2c3cc4ccccc4cc3c3cc4c5ccccc5n(-c5ccc6c(c5)oc5ccccc56)c4cc32)cc1. The Hall–Kier alpha value is -5.80. The van der Waals surface area contributed by atoms with Crippen LogP contribution in [0.2, 0.25) is 0 Å². The Morgan fingerprint density at radius 1 is 0.326 bits per heavy atom. The van der Waals surface area contributed by atoms with Crippen LogP contribution < -0.4 is 0 Å². The minimum Gasteiger partial charge on any atom is -0.456 e. The van der Waals surface area contributed by atoms with Crippen molar-refractivity contribution < 1.29 is 4.42 Å². The van der Waals surface area contributed by atoms with Gasteiger partial charge in [0.2, 0.25) is 0 Å². The summed E-state index contributed by atoms with van der Waals surface area (Å²) in [5.74, 6) is 0. The second kappa shape index (κ2) is 8.37. The van der Waals surface area contributed by atoms with Gasteiger partial charge < -0.3 is 13.6 Å². The summed E-state index contributed by atoms with van der Waals surface area (Å²) in [5.41, 5.74) is 8.82. The van der Waals surface area contributed by atoms with Gasteiger partial charge in [-0.1, -0.05) is 78.9 Å². The van der Waals surface area contributed by atoms with E-state index >= 15 is 0 Å². The summed E-state index contributed by atoms with van der Waals surface area (Å²) in [5, 5.41) is 9.79. The van der Waals surface area contributed by atoms with Gasteiger partial charge in [-0.05, 0) is 71.4 Å². The van der Waals surface area contributed by atoms with Crippen LogP contribution in [0.5, 0.6) is 0 Å². The number of nitrogens with zero attached hydrogens (tertiary/aromatic N) is 2. The molecule has 0 aliphatic rings. The largest absolute Gasteiger partial charge is 0.456 e. The second-order valence-corrected chi connectivity index (χ2v) is 11.4. The van der Waals surface area contributed by atoms with Gasteiger partial charge in [0.15, 0.2) is 0 Å². The van der Waals surface area contributed by atoms with Crippen molar-refractivity contribution in [3.05, 3.63) is 146 Å². The lowest BCUT2D eigenvalue weighted by Crippen LogP contribution is -1.95. The van der Waals surface area contributed by atoms with Crippen LogP contribution >= 0.6 is 0 Å². The Morgan fingerprint density at radius 2 is 0.930 bits per heavy atom. The van der Waals surface area contributed by atoms with E-state index < -0.39 is 0 Å². The molecule has 0 fully saturated rings. The maximum absolute atomic E-state index is 6.32. The molecule has 0 atom stereocenters. The second-order valence-electron chi connectivity index (χ2n) is 11.4. The van der Waals surface area contributed by atoms with Crippen LogP contribution in [0.25, 0.3) is 87.7 Å². The molecule has 3 heteroatoms. The fourth-order valence-corrected chi connectivity index (χ4v) is 7.15. The molecule has 3 heterocycles. The van der Waals surface area contributed by atoms with Crippen molar-refractivity contribution in [1.82, 2.24) is 9.13 Å². The molecule has 0 aliphatic carbocycles. The van der Waals surface area contributed by atoms with E-state index in [2.05, 4.69) is 143 Å². The van der Waals surface area contributed by atoms with Gasteiger partial charge in [0.25, 0.3) is 0 Å². The predicted octanol–water partition coefficient (Wildman–Crippen LogP) is 10.9. The zero-order valence-corrected chi connectivity index (χ0v) is 23.2. The fourth-order valence-electron chi connectivity index (χ4n) is 7.15. The highest BCUT2D eigenvalue weighted by atomic mass is 16.3. The van der Waals surface area contributed by atoms with Crippen LogP contribution in [0.3, 0.4) is 0 Å². The van der Waals surface area contributed by atoms with E-state index in [1.165, 1.54) is 54.4 Å². The lowest BCUT2D eigenvalue weighted by molar-refractivity contribution is 0.668. The quantitative estimate of drug-likeness (QED) is 0.211. The van der Waals surface area contributed by atoms with E-state index in [9.17, 15) is 0 Å². The van der Waals surface area contributed by atoms with Crippen molar-refractivity contribution in [2.45, 2.75) is 0 Å². The first-order valence-corrected chi connectivity index (χ1v) is 14.7. The standard InChI is InChI=1S/C40H24N2O/c1-2-12-27(13-3-1)41-36-21-26-11-5-4-10-25(26)20-32(36)34-23-33-29-14-6-8-16-35(29)42(37(33)24-38(34)41)28-18-19-31-30-15-7-9-17-39(30)43-40(31)22-28/h1-24H. The summed E-state index contributed by atoms with van der Waals surface area (Å²) >= 11 is 0. The molecule has 200 valence electrons. The topological polar surface area (TPSA) is 23.0 Å². The summed E-state index contributed by atoms with van der Waals surface area (Å²) in [6.07, 6.45) is 0. The molecule has 0 saturated heterocycles. The highest BCUT2D eigenvalue weighted by Crippen LogP contribution is 2.41. The van der Waals surface area contributed by atoms with Crippen molar-refractivity contribution >= 4 is 76.3 Å². The molecule has 3 aromatic heterocycles. The molecule has 10 aromatic rings. The number of fused-ring (bicyclic) bond motifs is 10. The summed E-state index contributed by atoms with van der Waals surface area (Å²) in [4.78, 5) is 0. The minimum absolute atomic E-state index is 0.899. The molecule has 3 nitrogen and oxygen atoms in total. The number of aromatic nitrogens is 2. The van der Waals surface area contributed by atoms with Crippen molar-refractivity contribution in [2.75, 3.05) is 0 Å². The number of furan rings is 1. The Bertz CT molecular complexity index is 2720. The van der Waals surface area contributed by atoms with Crippen molar-refractivity contribution in [1.29, 1.82) is 0 Å². The van der Waals surface area contributed by atoms with Gasteiger partial charge in [-0.25, -0.2) is 0 Å². The number of hydrogen-bond acceptors (Lipinski definition) is 1. The first-order chi connectivity index (χ1) is 21.3. The Labute approximate surface area is 246 Å². The molecule has 7 aromatic carbocycles. The zero-order chi connectivity index (χ0) is 28.1. The van der Waals surface area contributed by atoms with Crippen LogP contribution in [0, 0.1) is 0 Å². The summed E-state index contributed by atoms with van der Waals surface area (Å²) in [6.45, 7) is 0. The van der Waals surface area contributed by atoms with E-state index in [1.807, 2.05) is 12.1 Å². The summed E-state index contributed by atoms with van der Waals surface area (Å²) in [7, 11) is 0. The summed E-state index contributed by atoms with van der Waals surface area (Å²) in [6, 6.07) is 52.4. The smallest absolute Gasteiger partial charge is 0.137 e. The highest BCUT2D eigenvalue weighted by Gasteiger charge is 2.19. The van der Waals surface area contributed by atoms with E-state index in [-0.39, 0.29) is 0 Å². The third kappa shape index (κ3) is 3.14. The Kier molecular flexibility index (Phi) is 4.45. The maximum atomic E-state index is 6.32. The third-order valence-corrected chi connectivity index (χ3v) is 9.06. The van der Waals surface area contributed by atoms with Crippen LogP contribution in [0.15, 0.2) is 150 Å². The van der Waals surface area contributed by atoms with E-state index in [1.54, 1.807) is 0 Å². The number of para-hydroxylation sites is 3. The minimum atomic E-state index is 0.899. The molecule has 0 amide bonds. The molecule has 0 saturated carbocycles. The summed E-state index contributed by atoms with van der Waals surface area (Å²) < 4.78 is 11.1. The molecule has 10 rings (SSSR count). The van der Waals surface area contributed by atoms with Crippen molar-refractivity contribution in [3.63, 3.8) is 0 Å². The molecule has 0 aliphatic heterocycles. The first kappa shape index (κ1) is 22.8. The molecule has 0 unspecified atom stereocenters. The van der Waals surface area contributed by atoms with Crippen LogP contribution in [-0.4, -0.2) is 9.13 Å². The van der Waals surface area contributed by atoms with Gasteiger partial charge in [-0.3, -0.25) is 0 Å². The van der Waals surface area contributed by atoms with Gasteiger partial charge in [-0.15, -0.1) is 0 Å². The van der Waals surface area contributed by atoms with Gasteiger partial charge in [-0.2, -0.15) is 0 Å². The number of rotatable bonds is 2. The Balaban J connectivity index is 1.36. The van der Waals surface area contributed by atoms with Crippen LogP contribution in [-0.2, 0) is 0 Å². The van der Waals surface area contributed by atoms with Gasteiger partial charge in [0.05, 0.1) is 22.1 Å². The molecular weight excluding hydrogens is 524 g/mol. The molecule has 0 N–H and O–H groups in total. The normalized spacial score (nSPS) is 12.2. The van der Waals surface area contributed by atoms with Gasteiger partial charge in [0, 0.05) is 49.8 Å². The highest BCUT2D eigenvalue weighted by molar-refractivity contribution is 6.21. The van der Waals surface area contributed by atoms with Crippen LogP contribution in [0.4, 0.5) is 0 Å². The lowest BCUT2D eigenvalue weighted by atomic mass is 10.0. The lowest BCUT2D eigenvalue weighted by Gasteiger charge is -2.10. The van der Waals surface area contributed by atoms with E-state index in [4.69, 9.17) is 4.42 Å². The molecule has 43 heavy (non-hydrogen) atoms. The molecule has 0 bridgehead atoms. The molecular formula is C40H24N2O. The number of hydrogen-bond donors (Lipinski definition) is 0. The zero-order valence-electron chi connectivity index (χ0n) is 23.2. The van der Waals surface area contributed by atoms with E-state index in [0.29, 0.717) is 0 Å². The fraction of sp³-hybridized carbons (Fsp3) is 0. The molecule has 0 radical (unpaired) electrons. The third-order valence-electron chi connectivity index (χ3n) is 9.06. The number of benzene rings is 7. The Morgan fingerprint density at radius 3 is 1.79 bits per heavy atom. The molecule has 0 spiro atoms. The van der Waals surface area contributed by atoms with E-state index in [0.717, 1.165) is 33.3 Å². The van der Waals surface area contributed by atoms with Crippen molar-refractivity contribution in [3.8, 4) is 11.4 Å². The monoisotopic (exact) mass is 548 g/mol.